The number of nitrogens with one attached hydrogen (secondary N) is 2. The van der Waals surface area contributed by atoms with Gasteiger partial charge in [0, 0.05) is 24.4 Å². The minimum absolute atomic E-state index is 0.0136. The average molecular weight is 401 g/mol. The molecule has 2 heterocycles. The van der Waals surface area contributed by atoms with Crippen LogP contribution < -0.4 is 22.2 Å². The topological polar surface area (TPSA) is 103 Å². The van der Waals surface area contributed by atoms with E-state index in [9.17, 15) is 5.26 Å². The standard InChI is InChI=1S/C24H28N6/c1-16(26)24-20-7-6-18(17-8-11-28-12-9-17)14-21(20)23(10-13-30(24)27)29-22-5-3-2-4-19(22)15-25/h2-8,14,23,28-29H,9-13,26-27H2,1H3/b24-16-. The number of hydrogen-bond donors (Lipinski definition) is 4. The van der Waals surface area contributed by atoms with Crippen molar-refractivity contribution in [2.45, 2.75) is 25.8 Å². The Labute approximate surface area is 177 Å². The van der Waals surface area contributed by atoms with Crippen molar-refractivity contribution < 1.29 is 0 Å². The number of hydrogen-bond acceptors (Lipinski definition) is 6. The van der Waals surface area contributed by atoms with Gasteiger partial charge in [-0.2, -0.15) is 5.26 Å². The van der Waals surface area contributed by atoms with Crippen LogP contribution in [-0.4, -0.2) is 24.6 Å². The van der Waals surface area contributed by atoms with Crippen molar-refractivity contribution in [2.75, 3.05) is 25.0 Å². The summed E-state index contributed by atoms with van der Waals surface area (Å²) in [6.45, 7) is 4.44. The third-order valence-corrected chi connectivity index (χ3v) is 5.81. The first-order valence-corrected chi connectivity index (χ1v) is 10.4. The van der Waals surface area contributed by atoms with Gasteiger partial charge in [0.15, 0.2) is 0 Å². The van der Waals surface area contributed by atoms with Gasteiger partial charge in [-0.25, -0.2) is 5.84 Å². The molecular formula is C24H28N6. The lowest BCUT2D eigenvalue weighted by Gasteiger charge is -2.23. The number of benzene rings is 2. The second kappa shape index (κ2) is 8.62. The van der Waals surface area contributed by atoms with Crippen LogP contribution in [0.15, 0.2) is 54.2 Å². The molecular weight excluding hydrogens is 372 g/mol. The first kappa shape index (κ1) is 20.0. The van der Waals surface area contributed by atoms with Crippen molar-refractivity contribution in [3.05, 3.63) is 76.5 Å². The molecule has 1 atom stereocenters. The van der Waals surface area contributed by atoms with E-state index in [1.807, 2.05) is 31.2 Å². The van der Waals surface area contributed by atoms with E-state index in [1.54, 1.807) is 5.01 Å². The number of hydrazine groups is 1. The van der Waals surface area contributed by atoms with E-state index in [0.29, 0.717) is 17.8 Å². The molecule has 0 fully saturated rings. The number of nitrogens with zero attached hydrogens (tertiary/aromatic N) is 2. The minimum Gasteiger partial charge on any atom is -0.401 e. The largest absolute Gasteiger partial charge is 0.401 e. The lowest BCUT2D eigenvalue weighted by molar-refractivity contribution is 0.402. The molecule has 0 radical (unpaired) electrons. The van der Waals surface area contributed by atoms with Crippen LogP contribution in [0.4, 0.5) is 5.69 Å². The molecule has 6 nitrogen and oxygen atoms in total. The summed E-state index contributed by atoms with van der Waals surface area (Å²) in [6.07, 6.45) is 4.06. The Morgan fingerprint density at radius 1 is 1.27 bits per heavy atom. The summed E-state index contributed by atoms with van der Waals surface area (Å²) in [7, 11) is 0. The molecule has 6 N–H and O–H groups in total. The highest BCUT2D eigenvalue weighted by Gasteiger charge is 2.26. The SMILES string of the molecule is C/C(N)=C1\c2ccc(C3=CCNCC3)cc2C(Nc2ccccc2C#N)CCN1N. The van der Waals surface area contributed by atoms with Gasteiger partial charge in [0.1, 0.15) is 6.07 Å². The number of para-hydroxylation sites is 1. The van der Waals surface area contributed by atoms with Crippen LogP contribution in [0, 0.1) is 11.3 Å². The van der Waals surface area contributed by atoms with Crippen molar-refractivity contribution in [1.82, 2.24) is 10.3 Å². The normalized spacial score (nSPS) is 20.5. The quantitative estimate of drug-likeness (QED) is 0.590. The second-order valence-corrected chi connectivity index (χ2v) is 7.85. The fraction of sp³-hybridized carbons (Fsp3) is 0.292. The molecule has 0 aromatic heterocycles. The van der Waals surface area contributed by atoms with E-state index in [0.717, 1.165) is 48.4 Å². The Hall–Kier alpha value is -3.27. The van der Waals surface area contributed by atoms with E-state index in [2.05, 4.69) is 41.0 Å². The molecule has 2 aromatic carbocycles. The molecule has 0 saturated carbocycles. The Kier molecular flexibility index (Phi) is 5.75. The molecule has 0 aliphatic carbocycles. The van der Waals surface area contributed by atoms with Crippen LogP contribution in [0.1, 0.15) is 48.1 Å². The molecule has 0 spiro atoms. The second-order valence-electron chi connectivity index (χ2n) is 7.85. The summed E-state index contributed by atoms with van der Waals surface area (Å²) in [5.41, 5.74) is 14.1. The van der Waals surface area contributed by atoms with Crippen LogP contribution in [0.2, 0.25) is 0 Å². The molecule has 2 aliphatic heterocycles. The first-order valence-electron chi connectivity index (χ1n) is 10.4. The van der Waals surface area contributed by atoms with Gasteiger partial charge in [0.25, 0.3) is 0 Å². The van der Waals surface area contributed by atoms with E-state index < -0.39 is 0 Å². The summed E-state index contributed by atoms with van der Waals surface area (Å²) >= 11 is 0. The smallest absolute Gasteiger partial charge is 0.101 e. The predicted molar refractivity (Wildman–Crippen MR) is 122 cm³/mol. The fourth-order valence-corrected chi connectivity index (χ4v) is 4.32. The van der Waals surface area contributed by atoms with Crippen LogP contribution >= 0.6 is 0 Å². The van der Waals surface area contributed by atoms with Gasteiger partial charge in [-0.15, -0.1) is 0 Å². The molecule has 0 saturated heterocycles. The van der Waals surface area contributed by atoms with E-state index in [4.69, 9.17) is 11.6 Å². The van der Waals surface area contributed by atoms with Gasteiger partial charge in [-0.05, 0) is 61.2 Å². The van der Waals surface area contributed by atoms with Crippen molar-refractivity contribution in [3.8, 4) is 6.07 Å². The Morgan fingerprint density at radius 3 is 2.83 bits per heavy atom. The minimum atomic E-state index is 0.0136. The Morgan fingerprint density at radius 2 is 2.10 bits per heavy atom. The van der Waals surface area contributed by atoms with Crippen LogP contribution in [0.25, 0.3) is 11.3 Å². The highest BCUT2D eigenvalue weighted by molar-refractivity contribution is 5.75. The predicted octanol–water partition coefficient (Wildman–Crippen LogP) is 3.31. The molecule has 2 aromatic rings. The van der Waals surface area contributed by atoms with Gasteiger partial charge in [0.2, 0.25) is 0 Å². The zero-order chi connectivity index (χ0) is 21.1. The molecule has 30 heavy (non-hydrogen) atoms. The maximum absolute atomic E-state index is 9.51. The van der Waals surface area contributed by atoms with Gasteiger partial charge >= 0.3 is 0 Å². The lowest BCUT2D eigenvalue weighted by atomic mass is 9.91. The van der Waals surface area contributed by atoms with Crippen molar-refractivity contribution in [3.63, 3.8) is 0 Å². The summed E-state index contributed by atoms with van der Waals surface area (Å²) in [5.74, 6) is 6.38. The zero-order valence-electron chi connectivity index (χ0n) is 17.3. The number of rotatable bonds is 3. The van der Waals surface area contributed by atoms with Crippen LogP contribution in [0.5, 0.6) is 0 Å². The summed E-state index contributed by atoms with van der Waals surface area (Å²) in [5, 5.41) is 18.2. The summed E-state index contributed by atoms with van der Waals surface area (Å²) < 4.78 is 0. The molecule has 0 amide bonds. The third-order valence-electron chi connectivity index (χ3n) is 5.81. The molecule has 0 bridgehead atoms. The zero-order valence-corrected chi connectivity index (χ0v) is 17.3. The Balaban J connectivity index is 1.82. The number of fused-ring (bicyclic) bond motifs is 1. The first-order chi connectivity index (χ1) is 14.6. The molecule has 1 unspecified atom stereocenters. The number of nitriles is 1. The monoisotopic (exact) mass is 400 g/mol. The summed E-state index contributed by atoms with van der Waals surface area (Å²) in [6, 6.07) is 16.5. The number of anilines is 1. The van der Waals surface area contributed by atoms with Gasteiger partial charge < -0.3 is 21.4 Å². The fourth-order valence-electron chi connectivity index (χ4n) is 4.32. The van der Waals surface area contributed by atoms with Crippen molar-refractivity contribution >= 4 is 17.0 Å². The van der Waals surface area contributed by atoms with E-state index in [1.165, 1.54) is 11.1 Å². The number of allylic oxidation sites excluding steroid dienone is 1. The van der Waals surface area contributed by atoms with E-state index >= 15 is 0 Å². The highest BCUT2D eigenvalue weighted by atomic mass is 15.4. The maximum Gasteiger partial charge on any atom is 0.101 e. The average Bonchev–Trinajstić information content (AvgIpc) is 2.90. The van der Waals surface area contributed by atoms with Gasteiger partial charge in [-0.3, -0.25) is 0 Å². The summed E-state index contributed by atoms with van der Waals surface area (Å²) in [4.78, 5) is 0. The highest BCUT2D eigenvalue weighted by Crippen LogP contribution is 2.37. The van der Waals surface area contributed by atoms with Gasteiger partial charge in [0.05, 0.1) is 23.0 Å². The van der Waals surface area contributed by atoms with Crippen LogP contribution in [0.3, 0.4) is 0 Å². The van der Waals surface area contributed by atoms with Crippen LogP contribution in [-0.2, 0) is 0 Å². The molecule has 6 heteroatoms. The van der Waals surface area contributed by atoms with Crippen molar-refractivity contribution in [1.29, 1.82) is 5.26 Å². The maximum atomic E-state index is 9.51. The number of nitrogens with two attached hydrogens (primary N) is 2. The molecule has 2 aliphatic rings. The lowest BCUT2D eigenvalue weighted by Crippen LogP contribution is -2.31. The molecule has 4 rings (SSSR count). The van der Waals surface area contributed by atoms with Gasteiger partial charge in [-0.1, -0.05) is 30.3 Å². The van der Waals surface area contributed by atoms with E-state index in [-0.39, 0.29) is 6.04 Å². The van der Waals surface area contributed by atoms with Crippen molar-refractivity contribution in [2.24, 2.45) is 11.6 Å². The third kappa shape index (κ3) is 3.90. The molecule has 154 valence electrons. The Bertz CT molecular complexity index is 1040.